The van der Waals surface area contributed by atoms with Gasteiger partial charge in [0.15, 0.2) is 0 Å². The summed E-state index contributed by atoms with van der Waals surface area (Å²) in [6.07, 6.45) is 2.24. The molecule has 3 rings (SSSR count). The molecule has 0 unspecified atom stereocenters. The van der Waals surface area contributed by atoms with Gasteiger partial charge in [-0.2, -0.15) is 0 Å². The van der Waals surface area contributed by atoms with Gasteiger partial charge >= 0.3 is 0 Å². The third-order valence-electron chi connectivity index (χ3n) is 4.89. The van der Waals surface area contributed by atoms with Crippen LogP contribution in [-0.2, 0) is 16.0 Å². The molecule has 0 atom stereocenters. The number of benzene rings is 2. The summed E-state index contributed by atoms with van der Waals surface area (Å²) in [4.78, 5) is 25.8. The predicted octanol–water partition coefficient (Wildman–Crippen LogP) is 2.41. The van der Waals surface area contributed by atoms with Gasteiger partial charge in [-0.05, 0) is 49.5 Å². The van der Waals surface area contributed by atoms with Crippen LogP contribution in [0.1, 0.15) is 24.0 Å². The molecule has 1 saturated heterocycles. The SMILES string of the molecule is NC(=O)C1CCN(CC(=O)Nc2ccccc2Cc2ccccc2)CC1. The first-order valence-corrected chi connectivity index (χ1v) is 9.05. The monoisotopic (exact) mass is 351 g/mol. The van der Waals surface area contributed by atoms with Crippen molar-refractivity contribution in [3.63, 3.8) is 0 Å². The molecule has 1 heterocycles. The summed E-state index contributed by atoms with van der Waals surface area (Å²) < 4.78 is 0. The number of hydrogen-bond acceptors (Lipinski definition) is 3. The summed E-state index contributed by atoms with van der Waals surface area (Å²) >= 11 is 0. The van der Waals surface area contributed by atoms with Crippen LogP contribution in [0.15, 0.2) is 54.6 Å². The van der Waals surface area contributed by atoms with E-state index in [1.807, 2.05) is 42.5 Å². The highest BCUT2D eigenvalue weighted by Crippen LogP contribution is 2.20. The molecule has 1 fully saturated rings. The minimum absolute atomic E-state index is 0.0250. The number of nitrogens with two attached hydrogens (primary N) is 1. The Morgan fingerprint density at radius 3 is 2.35 bits per heavy atom. The fraction of sp³-hybridized carbons (Fsp3) is 0.333. The summed E-state index contributed by atoms with van der Waals surface area (Å²) in [5.74, 6) is -0.312. The highest BCUT2D eigenvalue weighted by atomic mass is 16.2. The van der Waals surface area contributed by atoms with Gasteiger partial charge in [-0.1, -0.05) is 48.5 Å². The van der Waals surface area contributed by atoms with Crippen LogP contribution in [0.25, 0.3) is 0 Å². The first-order chi connectivity index (χ1) is 12.6. The van der Waals surface area contributed by atoms with Gasteiger partial charge in [-0.25, -0.2) is 0 Å². The Balaban J connectivity index is 1.57. The Kier molecular flexibility index (Phi) is 6.02. The fourth-order valence-electron chi connectivity index (χ4n) is 3.38. The lowest BCUT2D eigenvalue weighted by Crippen LogP contribution is -2.42. The van der Waals surface area contributed by atoms with E-state index in [4.69, 9.17) is 5.73 Å². The fourth-order valence-corrected chi connectivity index (χ4v) is 3.38. The molecule has 136 valence electrons. The molecule has 2 amide bonds. The normalized spacial score (nSPS) is 15.5. The lowest BCUT2D eigenvalue weighted by Gasteiger charge is -2.29. The molecule has 5 nitrogen and oxygen atoms in total. The van der Waals surface area contributed by atoms with E-state index < -0.39 is 0 Å². The molecule has 0 saturated carbocycles. The maximum Gasteiger partial charge on any atom is 0.238 e. The van der Waals surface area contributed by atoms with Gasteiger partial charge in [-0.15, -0.1) is 0 Å². The van der Waals surface area contributed by atoms with E-state index in [0.29, 0.717) is 6.54 Å². The topological polar surface area (TPSA) is 75.4 Å². The molecule has 1 aliphatic rings. The molecule has 3 N–H and O–H groups in total. The molecule has 0 bridgehead atoms. The Hall–Kier alpha value is -2.66. The van der Waals surface area contributed by atoms with Crippen molar-refractivity contribution < 1.29 is 9.59 Å². The molecule has 0 radical (unpaired) electrons. The summed E-state index contributed by atoms with van der Waals surface area (Å²) in [6.45, 7) is 1.80. The second-order valence-electron chi connectivity index (χ2n) is 6.82. The molecule has 5 heteroatoms. The molecule has 0 aliphatic carbocycles. The van der Waals surface area contributed by atoms with Crippen LogP contribution in [-0.4, -0.2) is 36.3 Å². The van der Waals surface area contributed by atoms with E-state index in [2.05, 4.69) is 22.3 Å². The van der Waals surface area contributed by atoms with E-state index in [0.717, 1.165) is 43.6 Å². The van der Waals surface area contributed by atoms with E-state index in [1.165, 1.54) is 5.56 Å². The minimum atomic E-state index is -0.232. The van der Waals surface area contributed by atoms with E-state index in [-0.39, 0.29) is 17.7 Å². The van der Waals surface area contributed by atoms with Gasteiger partial charge in [0.2, 0.25) is 11.8 Å². The lowest BCUT2D eigenvalue weighted by molar-refractivity contribution is -0.123. The van der Waals surface area contributed by atoms with Crippen molar-refractivity contribution in [1.29, 1.82) is 0 Å². The second kappa shape index (κ2) is 8.63. The van der Waals surface area contributed by atoms with Crippen LogP contribution in [0, 0.1) is 5.92 Å². The molecule has 2 aromatic carbocycles. The summed E-state index contributed by atoms with van der Waals surface area (Å²) in [5, 5.41) is 3.04. The number of hydrogen-bond donors (Lipinski definition) is 2. The average Bonchev–Trinajstić information content (AvgIpc) is 2.64. The third kappa shape index (κ3) is 4.92. The molecule has 0 aromatic heterocycles. The maximum atomic E-state index is 12.5. The number of amides is 2. The van der Waals surface area contributed by atoms with Crippen molar-refractivity contribution >= 4 is 17.5 Å². The number of nitrogens with one attached hydrogen (secondary N) is 1. The smallest absolute Gasteiger partial charge is 0.238 e. The van der Waals surface area contributed by atoms with Gasteiger partial charge in [0.25, 0.3) is 0 Å². The summed E-state index contributed by atoms with van der Waals surface area (Å²) in [5.41, 5.74) is 8.52. The molecule has 0 spiro atoms. The number of para-hydroxylation sites is 1. The zero-order valence-electron chi connectivity index (χ0n) is 14.9. The van der Waals surface area contributed by atoms with Crippen molar-refractivity contribution in [2.75, 3.05) is 25.0 Å². The number of likely N-dealkylation sites (tertiary alicyclic amines) is 1. The van der Waals surface area contributed by atoms with E-state index >= 15 is 0 Å². The van der Waals surface area contributed by atoms with Crippen molar-refractivity contribution in [3.8, 4) is 0 Å². The van der Waals surface area contributed by atoms with E-state index in [1.54, 1.807) is 0 Å². The Labute approximate surface area is 154 Å². The highest BCUT2D eigenvalue weighted by Gasteiger charge is 2.24. The Morgan fingerprint density at radius 2 is 1.65 bits per heavy atom. The first-order valence-electron chi connectivity index (χ1n) is 9.05. The number of carbonyl (C=O) groups excluding carboxylic acids is 2. The summed E-state index contributed by atoms with van der Waals surface area (Å²) in [7, 11) is 0. The quantitative estimate of drug-likeness (QED) is 0.839. The standard InChI is InChI=1S/C21H25N3O2/c22-21(26)17-10-12-24(13-11-17)15-20(25)23-19-9-5-4-8-18(19)14-16-6-2-1-3-7-16/h1-9,17H,10-15H2,(H2,22,26)(H,23,25). The highest BCUT2D eigenvalue weighted by molar-refractivity contribution is 5.93. The van der Waals surface area contributed by atoms with Crippen LogP contribution in [0.2, 0.25) is 0 Å². The molecule has 2 aromatic rings. The maximum absolute atomic E-state index is 12.5. The Bertz CT molecular complexity index is 753. The van der Waals surface area contributed by atoms with Crippen LogP contribution in [0.3, 0.4) is 0 Å². The second-order valence-corrected chi connectivity index (χ2v) is 6.82. The van der Waals surface area contributed by atoms with Gasteiger partial charge < -0.3 is 11.1 Å². The molecule has 26 heavy (non-hydrogen) atoms. The zero-order chi connectivity index (χ0) is 18.4. The molecular weight excluding hydrogens is 326 g/mol. The van der Waals surface area contributed by atoms with Crippen LogP contribution in [0.4, 0.5) is 5.69 Å². The largest absolute Gasteiger partial charge is 0.369 e. The van der Waals surface area contributed by atoms with E-state index in [9.17, 15) is 9.59 Å². The number of anilines is 1. The van der Waals surface area contributed by atoms with Crippen molar-refractivity contribution in [1.82, 2.24) is 4.90 Å². The lowest BCUT2D eigenvalue weighted by atomic mass is 9.96. The third-order valence-corrected chi connectivity index (χ3v) is 4.89. The Morgan fingerprint density at radius 1 is 1.00 bits per heavy atom. The van der Waals surface area contributed by atoms with Crippen molar-refractivity contribution in [2.45, 2.75) is 19.3 Å². The number of piperidine rings is 1. The zero-order valence-corrected chi connectivity index (χ0v) is 14.9. The average molecular weight is 351 g/mol. The number of rotatable bonds is 6. The molecule has 1 aliphatic heterocycles. The number of nitrogens with zero attached hydrogens (tertiary/aromatic N) is 1. The van der Waals surface area contributed by atoms with Crippen LogP contribution < -0.4 is 11.1 Å². The van der Waals surface area contributed by atoms with Gasteiger partial charge in [0, 0.05) is 11.6 Å². The number of primary amides is 1. The van der Waals surface area contributed by atoms with Crippen LogP contribution >= 0.6 is 0 Å². The van der Waals surface area contributed by atoms with Crippen molar-refractivity contribution in [2.24, 2.45) is 11.7 Å². The first kappa shape index (κ1) is 18.1. The van der Waals surface area contributed by atoms with Crippen LogP contribution in [0.5, 0.6) is 0 Å². The van der Waals surface area contributed by atoms with Gasteiger partial charge in [-0.3, -0.25) is 14.5 Å². The van der Waals surface area contributed by atoms with Gasteiger partial charge in [0.1, 0.15) is 0 Å². The predicted molar refractivity (Wildman–Crippen MR) is 103 cm³/mol. The molecular formula is C21H25N3O2. The van der Waals surface area contributed by atoms with Crippen molar-refractivity contribution in [3.05, 3.63) is 65.7 Å². The number of carbonyl (C=O) groups is 2. The van der Waals surface area contributed by atoms with Gasteiger partial charge in [0.05, 0.1) is 6.54 Å². The minimum Gasteiger partial charge on any atom is -0.369 e. The summed E-state index contributed by atoms with van der Waals surface area (Å²) in [6, 6.07) is 18.1.